The second-order valence-electron chi connectivity index (χ2n) is 5.06. The first-order chi connectivity index (χ1) is 9.13. The van der Waals surface area contributed by atoms with Crippen LogP contribution >= 0.6 is 0 Å². The van der Waals surface area contributed by atoms with Crippen molar-refractivity contribution in [3.63, 3.8) is 0 Å². The van der Waals surface area contributed by atoms with E-state index in [1.807, 2.05) is 6.07 Å². The first-order valence-corrected chi connectivity index (χ1v) is 6.27. The number of carbonyl (C=O) groups excluding carboxylic acids is 1. The minimum atomic E-state index is -0.120. The van der Waals surface area contributed by atoms with Crippen LogP contribution in [0.15, 0.2) is 18.2 Å². The normalized spacial score (nSPS) is 21.3. The molecule has 2 aliphatic heterocycles. The lowest BCUT2D eigenvalue weighted by atomic mass is 9.94. The summed E-state index contributed by atoms with van der Waals surface area (Å²) in [6.07, 6.45) is 0. The number of nitrogens with one attached hydrogen (secondary N) is 2. The molecule has 0 saturated carbocycles. The molecule has 1 aromatic rings. The highest BCUT2D eigenvalue weighted by Crippen LogP contribution is 2.31. The first kappa shape index (κ1) is 12.3. The quantitative estimate of drug-likeness (QED) is 0.662. The van der Waals surface area contributed by atoms with Gasteiger partial charge >= 0.3 is 0 Å². The van der Waals surface area contributed by atoms with Crippen molar-refractivity contribution in [2.24, 2.45) is 0 Å². The SMILES string of the molecule is CNc1ccc(N2CC3(COC3)NCC2=O)cc1O. The molecule has 2 fully saturated rings. The van der Waals surface area contributed by atoms with Gasteiger partial charge in [-0.1, -0.05) is 0 Å². The number of phenols is 1. The predicted octanol–water partition coefficient (Wildman–Crippen LogP) is 0.139. The maximum Gasteiger partial charge on any atom is 0.241 e. The fourth-order valence-corrected chi connectivity index (χ4v) is 2.48. The third-order valence-electron chi connectivity index (χ3n) is 3.70. The van der Waals surface area contributed by atoms with Gasteiger partial charge in [0.2, 0.25) is 5.91 Å². The zero-order valence-corrected chi connectivity index (χ0v) is 10.8. The third kappa shape index (κ3) is 2.02. The molecule has 0 atom stereocenters. The Bertz CT molecular complexity index is 514. The highest BCUT2D eigenvalue weighted by Gasteiger charge is 2.44. The number of nitrogens with zero attached hydrogens (tertiary/aromatic N) is 1. The monoisotopic (exact) mass is 263 g/mol. The molecule has 0 unspecified atom stereocenters. The van der Waals surface area contributed by atoms with E-state index in [9.17, 15) is 9.90 Å². The largest absolute Gasteiger partial charge is 0.506 e. The van der Waals surface area contributed by atoms with E-state index >= 15 is 0 Å². The summed E-state index contributed by atoms with van der Waals surface area (Å²) >= 11 is 0. The number of piperazine rings is 1. The van der Waals surface area contributed by atoms with Crippen LogP contribution in [0.1, 0.15) is 0 Å². The van der Waals surface area contributed by atoms with Gasteiger partial charge in [0.25, 0.3) is 0 Å². The molecule has 1 spiro atoms. The second kappa shape index (κ2) is 4.40. The number of rotatable bonds is 2. The Labute approximate surface area is 111 Å². The van der Waals surface area contributed by atoms with E-state index in [-0.39, 0.29) is 17.2 Å². The van der Waals surface area contributed by atoms with Crippen LogP contribution < -0.4 is 15.5 Å². The van der Waals surface area contributed by atoms with Gasteiger partial charge in [-0.3, -0.25) is 10.1 Å². The van der Waals surface area contributed by atoms with Crippen molar-refractivity contribution in [3.05, 3.63) is 18.2 Å². The van der Waals surface area contributed by atoms with E-state index in [4.69, 9.17) is 4.74 Å². The van der Waals surface area contributed by atoms with Crippen molar-refractivity contribution in [1.82, 2.24) is 5.32 Å². The molecule has 6 nitrogen and oxygen atoms in total. The maximum atomic E-state index is 12.0. The van der Waals surface area contributed by atoms with Gasteiger partial charge in [-0.15, -0.1) is 0 Å². The molecule has 102 valence electrons. The number of phenolic OH excluding ortho intramolecular Hbond substituents is 1. The lowest BCUT2D eigenvalue weighted by Gasteiger charge is -2.48. The summed E-state index contributed by atoms with van der Waals surface area (Å²) in [5, 5.41) is 16.0. The standard InChI is InChI=1S/C13H17N3O3/c1-14-10-3-2-9(4-11(10)17)16-6-13(7-19-8-13)15-5-12(16)18/h2-4,14-15,17H,5-8H2,1H3. The number of hydrogen-bond donors (Lipinski definition) is 3. The van der Waals surface area contributed by atoms with Gasteiger partial charge in [-0.05, 0) is 12.1 Å². The van der Waals surface area contributed by atoms with Crippen molar-refractivity contribution >= 4 is 17.3 Å². The number of anilines is 2. The van der Waals surface area contributed by atoms with Gasteiger partial charge in [0.1, 0.15) is 5.75 Å². The topological polar surface area (TPSA) is 73.8 Å². The van der Waals surface area contributed by atoms with Crippen LogP contribution in [0.25, 0.3) is 0 Å². The van der Waals surface area contributed by atoms with E-state index in [1.165, 1.54) is 0 Å². The van der Waals surface area contributed by atoms with Crippen LogP contribution in [0.5, 0.6) is 5.75 Å². The van der Waals surface area contributed by atoms with Gasteiger partial charge in [-0.2, -0.15) is 0 Å². The Morgan fingerprint density at radius 1 is 1.47 bits per heavy atom. The molecule has 2 aliphatic rings. The van der Waals surface area contributed by atoms with Crippen LogP contribution in [-0.4, -0.2) is 49.9 Å². The summed E-state index contributed by atoms with van der Waals surface area (Å²) in [6, 6.07) is 5.22. The van der Waals surface area contributed by atoms with Crippen molar-refractivity contribution in [2.45, 2.75) is 5.54 Å². The van der Waals surface area contributed by atoms with Crippen LogP contribution in [0.4, 0.5) is 11.4 Å². The molecular weight excluding hydrogens is 246 g/mol. The second-order valence-corrected chi connectivity index (χ2v) is 5.06. The zero-order chi connectivity index (χ0) is 13.5. The Morgan fingerprint density at radius 2 is 2.26 bits per heavy atom. The fourth-order valence-electron chi connectivity index (χ4n) is 2.48. The molecule has 0 radical (unpaired) electrons. The van der Waals surface area contributed by atoms with Crippen LogP contribution in [0, 0.1) is 0 Å². The molecule has 0 aliphatic carbocycles. The molecule has 1 amide bonds. The maximum absolute atomic E-state index is 12.0. The van der Waals surface area contributed by atoms with Gasteiger partial charge in [0.15, 0.2) is 0 Å². The molecule has 0 aromatic heterocycles. The lowest BCUT2D eigenvalue weighted by Crippen LogP contribution is -2.71. The summed E-state index contributed by atoms with van der Waals surface area (Å²) in [7, 11) is 1.74. The molecule has 6 heteroatoms. The predicted molar refractivity (Wildman–Crippen MR) is 71.6 cm³/mol. The minimum absolute atomic E-state index is 0.00846. The van der Waals surface area contributed by atoms with E-state index in [2.05, 4.69) is 10.6 Å². The smallest absolute Gasteiger partial charge is 0.241 e. The number of ether oxygens (including phenoxy) is 1. The number of hydrogen-bond acceptors (Lipinski definition) is 5. The fraction of sp³-hybridized carbons (Fsp3) is 0.462. The Morgan fingerprint density at radius 3 is 2.84 bits per heavy atom. The Balaban J connectivity index is 1.87. The van der Waals surface area contributed by atoms with Crippen molar-refractivity contribution in [2.75, 3.05) is 43.6 Å². The van der Waals surface area contributed by atoms with Gasteiger partial charge in [0, 0.05) is 25.3 Å². The molecule has 19 heavy (non-hydrogen) atoms. The van der Waals surface area contributed by atoms with Crippen LogP contribution in [0.2, 0.25) is 0 Å². The summed E-state index contributed by atoms with van der Waals surface area (Å²) in [5.74, 6) is 0.152. The van der Waals surface area contributed by atoms with Crippen molar-refractivity contribution in [3.8, 4) is 5.75 Å². The average molecular weight is 263 g/mol. The highest BCUT2D eigenvalue weighted by atomic mass is 16.5. The Hall–Kier alpha value is -1.79. The van der Waals surface area contributed by atoms with Gasteiger partial charge < -0.3 is 20.1 Å². The first-order valence-electron chi connectivity index (χ1n) is 6.27. The number of benzene rings is 1. The summed E-state index contributed by atoms with van der Waals surface area (Å²) < 4.78 is 5.24. The van der Waals surface area contributed by atoms with Crippen LogP contribution in [0.3, 0.4) is 0 Å². The van der Waals surface area contributed by atoms with Gasteiger partial charge in [-0.25, -0.2) is 0 Å². The number of carbonyl (C=O) groups is 1. The number of amides is 1. The minimum Gasteiger partial charge on any atom is -0.506 e. The lowest BCUT2D eigenvalue weighted by molar-refractivity contribution is -0.126. The molecule has 3 rings (SSSR count). The van der Waals surface area contributed by atoms with Gasteiger partial charge in [0.05, 0.1) is 31.0 Å². The van der Waals surface area contributed by atoms with E-state index in [0.717, 1.165) is 0 Å². The van der Waals surface area contributed by atoms with Crippen molar-refractivity contribution in [1.29, 1.82) is 0 Å². The number of aromatic hydroxyl groups is 1. The third-order valence-corrected chi connectivity index (χ3v) is 3.70. The molecule has 2 saturated heterocycles. The van der Waals surface area contributed by atoms with E-state index < -0.39 is 0 Å². The molecule has 1 aromatic carbocycles. The molecular formula is C13H17N3O3. The zero-order valence-electron chi connectivity index (χ0n) is 10.8. The van der Waals surface area contributed by atoms with E-state index in [0.29, 0.717) is 37.7 Å². The Kier molecular flexibility index (Phi) is 2.83. The average Bonchev–Trinajstić information content (AvgIpc) is 2.37. The van der Waals surface area contributed by atoms with Crippen LogP contribution in [-0.2, 0) is 9.53 Å². The van der Waals surface area contributed by atoms with E-state index in [1.54, 1.807) is 24.1 Å². The summed E-state index contributed by atoms with van der Waals surface area (Å²) in [5.41, 5.74) is 1.24. The highest BCUT2D eigenvalue weighted by molar-refractivity contribution is 5.96. The summed E-state index contributed by atoms with van der Waals surface area (Å²) in [4.78, 5) is 13.7. The van der Waals surface area contributed by atoms with Crippen molar-refractivity contribution < 1.29 is 14.6 Å². The molecule has 0 bridgehead atoms. The molecule has 2 heterocycles. The summed E-state index contributed by atoms with van der Waals surface area (Å²) in [6.45, 7) is 2.12. The molecule has 3 N–H and O–H groups in total.